The van der Waals surface area contributed by atoms with Crippen LogP contribution in [0.5, 0.6) is 0 Å². The van der Waals surface area contributed by atoms with Crippen LogP contribution in [0.2, 0.25) is 0 Å². The Hall–Kier alpha value is -3.60. The minimum absolute atomic E-state index is 0.0855. The van der Waals surface area contributed by atoms with Gasteiger partial charge in [0, 0.05) is 12.2 Å². The first-order valence-electron chi connectivity index (χ1n) is 7.95. The van der Waals surface area contributed by atoms with Crippen LogP contribution in [0.3, 0.4) is 0 Å². The van der Waals surface area contributed by atoms with Crippen LogP contribution in [-0.4, -0.2) is 26.0 Å². The van der Waals surface area contributed by atoms with Crippen molar-refractivity contribution in [3.05, 3.63) is 54.1 Å². The molecule has 0 aliphatic heterocycles. The van der Waals surface area contributed by atoms with E-state index in [4.69, 9.17) is 5.26 Å². The minimum Gasteiger partial charge on any atom is -0.352 e. The molecule has 0 bridgehead atoms. The van der Waals surface area contributed by atoms with Gasteiger partial charge in [-0.3, -0.25) is 4.98 Å². The molecule has 3 aromatic rings. The van der Waals surface area contributed by atoms with Crippen molar-refractivity contribution < 1.29 is 4.39 Å². The smallest absolute Gasteiger partial charge is 0.232 e. The molecule has 2 N–H and O–H groups in total. The molecule has 26 heavy (non-hydrogen) atoms. The van der Waals surface area contributed by atoms with Gasteiger partial charge >= 0.3 is 0 Å². The summed E-state index contributed by atoms with van der Waals surface area (Å²) in [5.74, 6) is 0.319. The second kappa shape index (κ2) is 7.53. The van der Waals surface area contributed by atoms with E-state index in [-0.39, 0.29) is 23.4 Å². The van der Waals surface area contributed by atoms with Crippen LogP contribution >= 0.6 is 0 Å². The summed E-state index contributed by atoms with van der Waals surface area (Å²) in [4.78, 5) is 16.9. The zero-order chi connectivity index (χ0) is 18.5. The average Bonchev–Trinajstić information content (AvgIpc) is 2.61. The van der Waals surface area contributed by atoms with Crippen LogP contribution < -0.4 is 10.6 Å². The number of nitriles is 1. The van der Waals surface area contributed by atoms with Crippen molar-refractivity contribution in [2.45, 2.75) is 19.9 Å². The van der Waals surface area contributed by atoms with Crippen molar-refractivity contribution in [2.75, 3.05) is 10.6 Å². The van der Waals surface area contributed by atoms with Gasteiger partial charge < -0.3 is 10.6 Å². The van der Waals surface area contributed by atoms with Crippen LogP contribution in [0.1, 0.15) is 19.4 Å². The molecule has 3 rings (SSSR count). The van der Waals surface area contributed by atoms with E-state index in [1.54, 1.807) is 30.5 Å². The predicted molar refractivity (Wildman–Crippen MR) is 96.2 cm³/mol. The van der Waals surface area contributed by atoms with E-state index in [9.17, 15) is 4.39 Å². The Labute approximate surface area is 150 Å². The number of pyridine rings is 1. The third kappa shape index (κ3) is 4.08. The molecule has 0 amide bonds. The summed E-state index contributed by atoms with van der Waals surface area (Å²) in [7, 11) is 0. The van der Waals surface area contributed by atoms with Crippen LogP contribution in [0.25, 0.3) is 11.4 Å². The van der Waals surface area contributed by atoms with Crippen LogP contribution in [0.15, 0.2) is 42.7 Å². The molecule has 1 aromatic carbocycles. The molecule has 0 saturated carbocycles. The fraction of sp³-hybridized carbons (Fsp3) is 0.167. The van der Waals surface area contributed by atoms with Crippen molar-refractivity contribution >= 4 is 17.6 Å². The van der Waals surface area contributed by atoms with Crippen molar-refractivity contribution in [2.24, 2.45) is 0 Å². The number of hydrogen-bond donors (Lipinski definition) is 2. The molecule has 7 nitrogen and oxygen atoms in total. The molecule has 2 heterocycles. The summed E-state index contributed by atoms with van der Waals surface area (Å²) < 4.78 is 14.1. The largest absolute Gasteiger partial charge is 0.352 e. The number of hydrogen-bond acceptors (Lipinski definition) is 7. The molecule has 0 spiro atoms. The summed E-state index contributed by atoms with van der Waals surface area (Å²) in [6, 6.07) is 9.99. The van der Waals surface area contributed by atoms with Gasteiger partial charge in [-0.05, 0) is 32.0 Å². The van der Waals surface area contributed by atoms with Crippen LogP contribution in [0, 0.1) is 17.1 Å². The fourth-order valence-corrected chi connectivity index (χ4v) is 2.22. The topological polar surface area (TPSA) is 99.4 Å². The maximum atomic E-state index is 14.1. The monoisotopic (exact) mass is 349 g/mol. The maximum absolute atomic E-state index is 14.1. The number of nitrogens with zero attached hydrogens (tertiary/aromatic N) is 5. The molecule has 0 saturated heterocycles. The molecule has 0 aliphatic rings. The third-order valence-electron chi connectivity index (χ3n) is 3.29. The van der Waals surface area contributed by atoms with E-state index in [0.717, 1.165) is 0 Å². The predicted octanol–water partition coefficient (Wildman–Crippen LogP) is 3.51. The number of aromatic nitrogens is 4. The van der Waals surface area contributed by atoms with Gasteiger partial charge in [-0.2, -0.15) is 20.2 Å². The van der Waals surface area contributed by atoms with E-state index in [0.29, 0.717) is 17.2 Å². The van der Waals surface area contributed by atoms with Gasteiger partial charge in [0.05, 0.1) is 23.0 Å². The molecule has 0 fully saturated rings. The second-order valence-electron chi connectivity index (χ2n) is 5.78. The Morgan fingerprint density at radius 2 is 1.85 bits per heavy atom. The Bertz CT molecular complexity index is 966. The molecule has 8 heteroatoms. The van der Waals surface area contributed by atoms with Gasteiger partial charge in [-0.1, -0.05) is 12.1 Å². The molecule has 0 radical (unpaired) electrons. The lowest BCUT2D eigenvalue weighted by atomic mass is 10.2. The van der Waals surface area contributed by atoms with E-state index in [1.807, 2.05) is 19.9 Å². The molecule has 0 aliphatic carbocycles. The lowest BCUT2D eigenvalue weighted by molar-refractivity contribution is 0.630. The quantitative estimate of drug-likeness (QED) is 0.727. The van der Waals surface area contributed by atoms with Gasteiger partial charge in [-0.15, -0.1) is 0 Å². The van der Waals surface area contributed by atoms with E-state index in [1.165, 1.54) is 12.3 Å². The molecule has 0 atom stereocenters. The average molecular weight is 349 g/mol. The van der Waals surface area contributed by atoms with Crippen molar-refractivity contribution in [1.82, 2.24) is 19.9 Å². The van der Waals surface area contributed by atoms with E-state index < -0.39 is 5.82 Å². The highest BCUT2D eigenvalue weighted by Crippen LogP contribution is 2.22. The van der Waals surface area contributed by atoms with Gasteiger partial charge in [0.2, 0.25) is 11.9 Å². The lowest BCUT2D eigenvalue weighted by Gasteiger charge is -2.12. The number of anilines is 3. The van der Waals surface area contributed by atoms with Crippen LogP contribution in [-0.2, 0) is 0 Å². The highest BCUT2D eigenvalue weighted by molar-refractivity contribution is 5.61. The van der Waals surface area contributed by atoms with Gasteiger partial charge in [0.1, 0.15) is 11.9 Å². The number of benzene rings is 1. The number of halogens is 1. The third-order valence-corrected chi connectivity index (χ3v) is 3.29. The van der Waals surface area contributed by atoms with Crippen molar-refractivity contribution in [3.63, 3.8) is 0 Å². The highest BCUT2D eigenvalue weighted by Gasteiger charge is 2.13. The van der Waals surface area contributed by atoms with E-state index >= 15 is 0 Å². The first kappa shape index (κ1) is 17.2. The Balaban J connectivity index is 2.02. The van der Waals surface area contributed by atoms with E-state index in [2.05, 4.69) is 30.6 Å². The summed E-state index contributed by atoms with van der Waals surface area (Å²) in [5.41, 5.74) is 1.22. The van der Waals surface area contributed by atoms with Gasteiger partial charge in [0.15, 0.2) is 5.82 Å². The number of rotatable bonds is 5. The zero-order valence-corrected chi connectivity index (χ0v) is 14.2. The zero-order valence-electron chi connectivity index (χ0n) is 14.2. The fourth-order valence-electron chi connectivity index (χ4n) is 2.22. The van der Waals surface area contributed by atoms with Crippen molar-refractivity contribution in [3.8, 4) is 17.5 Å². The Morgan fingerprint density at radius 1 is 1.08 bits per heavy atom. The minimum atomic E-state index is -0.423. The number of nitrogens with one attached hydrogen (secondary N) is 2. The maximum Gasteiger partial charge on any atom is 0.232 e. The van der Waals surface area contributed by atoms with Crippen LogP contribution in [0.4, 0.5) is 22.0 Å². The molecular weight excluding hydrogens is 333 g/mol. The summed E-state index contributed by atoms with van der Waals surface area (Å²) in [6.45, 7) is 3.89. The standard InChI is InChI=1S/C18H16FN7/c1-11(2)22-17-24-16(14-5-3-4-6-15(14)19)25-18(26-17)23-13-7-12(8-20)9-21-10-13/h3-7,9-11H,1-2H3,(H2,22,23,24,25,26). The summed E-state index contributed by atoms with van der Waals surface area (Å²) >= 11 is 0. The second-order valence-corrected chi connectivity index (χ2v) is 5.78. The summed E-state index contributed by atoms with van der Waals surface area (Å²) in [6.07, 6.45) is 3.00. The Morgan fingerprint density at radius 3 is 2.58 bits per heavy atom. The SMILES string of the molecule is CC(C)Nc1nc(Nc2cncc(C#N)c2)nc(-c2ccccc2F)n1. The lowest BCUT2D eigenvalue weighted by Crippen LogP contribution is -2.14. The molecule has 2 aromatic heterocycles. The molecule has 0 unspecified atom stereocenters. The van der Waals surface area contributed by atoms with Gasteiger partial charge in [-0.25, -0.2) is 4.39 Å². The Kier molecular flexibility index (Phi) is 4.99. The van der Waals surface area contributed by atoms with Crippen molar-refractivity contribution in [1.29, 1.82) is 5.26 Å². The molecular formula is C18H16FN7. The first-order chi connectivity index (χ1) is 12.5. The van der Waals surface area contributed by atoms with Gasteiger partial charge in [0.25, 0.3) is 0 Å². The molecule has 130 valence electrons. The first-order valence-corrected chi connectivity index (χ1v) is 7.95. The summed E-state index contributed by atoms with van der Waals surface area (Å²) in [5, 5.41) is 15.1. The highest BCUT2D eigenvalue weighted by atomic mass is 19.1. The normalized spacial score (nSPS) is 10.4.